The van der Waals surface area contributed by atoms with Gasteiger partial charge in [0, 0.05) is 23.2 Å². The number of benzene rings is 2. The first-order valence-corrected chi connectivity index (χ1v) is 7.02. The second-order valence-electron chi connectivity index (χ2n) is 5.09. The van der Waals surface area contributed by atoms with Crippen LogP contribution in [-0.2, 0) is 0 Å². The molecule has 2 aromatic carbocycles. The van der Waals surface area contributed by atoms with Gasteiger partial charge in [-0.25, -0.2) is 0 Å². The number of carbonyl (C=O) groups excluding carboxylic acids is 1. The van der Waals surface area contributed by atoms with Gasteiger partial charge in [0.1, 0.15) is 5.75 Å². The number of alkyl halides is 3. The molecule has 0 bridgehead atoms. The summed E-state index contributed by atoms with van der Waals surface area (Å²) in [6.07, 6.45) is -4.81. The largest absolute Gasteiger partial charge is 0.573 e. The smallest absolute Gasteiger partial charge is 0.406 e. The van der Waals surface area contributed by atoms with E-state index in [0.29, 0.717) is 5.52 Å². The van der Waals surface area contributed by atoms with E-state index in [2.05, 4.69) is 20.3 Å². The Morgan fingerprint density at radius 3 is 2.50 bits per heavy atom. The van der Waals surface area contributed by atoms with Crippen LogP contribution in [0.15, 0.2) is 42.5 Å². The molecule has 0 unspecified atom stereocenters. The van der Waals surface area contributed by atoms with Crippen molar-refractivity contribution in [2.75, 3.05) is 5.32 Å². The summed E-state index contributed by atoms with van der Waals surface area (Å²) >= 11 is 0. The molecular formula is C15H9F3N4O4. The van der Waals surface area contributed by atoms with Crippen molar-refractivity contribution >= 4 is 28.2 Å². The lowest BCUT2D eigenvalue weighted by atomic mass is 10.2. The average molecular weight is 366 g/mol. The first-order valence-electron chi connectivity index (χ1n) is 7.02. The summed E-state index contributed by atoms with van der Waals surface area (Å²) in [5, 5.41) is 19.9. The highest BCUT2D eigenvalue weighted by molar-refractivity contribution is 6.11. The fourth-order valence-electron chi connectivity index (χ4n) is 2.22. The summed E-state index contributed by atoms with van der Waals surface area (Å²) in [6.45, 7) is 0. The zero-order chi connectivity index (χ0) is 18.9. The number of anilines is 1. The Bertz CT molecular complexity index is 983. The Morgan fingerprint density at radius 1 is 1.19 bits per heavy atom. The van der Waals surface area contributed by atoms with Crippen LogP contribution in [0.3, 0.4) is 0 Å². The van der Waals surface area contributed by atoms with E-state index < -0.39 is 22.9 Å². The molecule has 0 aliphatic rings. The summed E-state index contributed by atoms with van der Waals surface area (Å²) in [5.74, 6) is -1.11. The van der Waals surface area contributed by atoms with Gasteiger partial charge in [0.15, 0.2) is 5.69 Å². The molecule has 8 nitrogen and oxygen atoms in total. The lowest BCUT2D eigenvalue weighted by molar-refractivity contribution is -0.384. The highest BCUT2D eigenvalue weighted by Gasteiger charge is 2.31. The van der Waals surface area contributed by atoms with Gasteiger partial charge < -0.3 is 10.1 Å². The van der Waals surface area contributed by atoms with Crippen LogP contribution in [0.1, 0.15) is 10.5 Å². The van der Waals surface area contributed by atoms with Gasteiger partial charge in [-0.05, 0) is 30.3 Å². The molecule has 1 amide bonds. The van der Waals surface area contributed by atoms with E-state index in [-0.39, 0.29) is 22.5 Å². The summed E-state index contributed by atoms with van der Waals surface area (Å²) in [4.78, 5) is 22.6. The van der Waals surface area contributed by atoms with Crippen molar-refractivity contribution in [3.8, 4) is 5.75 Å². The predicted octanol–water partition coefficient (Wildman–Crippen LogP) is 3.62. The fourth-order valence-corrected chi connectivity index (χ4v) is 2.22. The van der Waals surface area contributed by atoms with Crippen molar-refractivity contribution in [2.45, 2.75) is 6.36 Å². The van der Waals surface area contributed by atoms with Crippen molar-refractivity contribution in [2.24, 2.45) is 0 Å². The van der Waals surface area contributed by atoms with Crippen LogP contribution in [0.25, 0.3) is 10.9 Å². The molecule has 3 aromatic rings. The number of halogens is 3. The first-order chi connectivity index (χ1) is 12.2. The molecular weight excluding hydrogens is 357 g/mol. The topological polar surface area (TPSA) is 110 Å². The van der Waals surface area contributed by atoms with E-state index in [9.17, 15) is 28.1 Å². The van der Waals surface area contributed by atoms with E-state index in [1.54, 1.807) is 0 Å². The Hall–Kier alpha value is -3.63. The number of rotatable bonds is 4. The number of fused-ring (bicyclic) bond motifs is 1. The predicted molar refractivity (Wildman–Crippen MR) is 83.8 cm³/mol. The number of non-ortho nitro benzene ring substituents is 1. The molecule has 1 heterocycles. The maximum absolute atomic E-state index is 12.3. The molecule has 0 radical (unpaired) electrons. The second-order valence-corrected chi connectivity index (χ2v) is 5.09. The fraction of sp³-hybridized carbons (Fsp3) is 0.0667. The van der Waals surface area contributed by atoms with Gasteiger partial charge in [0.2, 0.25) is 0 Å². The molecule has 0 saturated heterocycles. The Labute approximate surface area is 142 Å². The maximum Gasteiger partial charge on any atom is 0.573 e. The standard InChI is InChI=1S/C15H9F3N4O4/c16-15(17,18)26-10-4-1-8(2-5-10)19-14(23)13-11-7-9(22(24)25)3-6-12(11)20-21-13/h1-7H,(H,19,23)(H,20,21). The molecule has 2 N–H and O–H groups in total. The van der Waals surface area contributed by atoms with Gasteiger partial charge in [-0.15, -0.1) is 13.2 Å². The number of nitro benzene ring substituents is 1. The molecule has 0 aliphatic heterocycles. The Balaban J connectivity index is 1.81. The summed E-state index contributed by atoms with van der Waals surface area (Å²) in [5.41, 5.74) is 0.335. The molecule has 0 saturated carbocycles. The normalized spacial score (nSPS) is 11.3. The lowest BCUT2D eigenvalue weighted by Gasteiger charge is -2.09. The van der Waals surface area contributed by atoms with Gasteiger partial charge >= 0.3 is 6.36 Å². The zero-order valence-corrected chi connectivity index (χ0v) is 12.7. The van der Waals surface area contributed by atoms with Gasteiger partial charge in [0.25, 0.3) is 11.6 Å². The molecule has 0 fully saturated rings. The van der Waals surface area contributed by atoms with Crippen LogP contribution in [0.4, 0.5) is 24.5 Å². The number of carbonyl (C=O) groups is 1. The minimum Gasteiger partial charge on any atom is -0.406 e. The molecule has 0 aliphatic carbocycles. The number of nitrogens with zero attached hydrogens (tertiary/aromatic N) is 2. The minimum atomic E-state index is -4.81. The summed E-state index contributed by atoms with van der Waals surface area (Å²) < 4.78 is 40.1. The molecule has 0 spiro atoms. The van der Waals surface area contributed by atoms with Gasteiger partial charge in [-0.2, -0.15) is 5.10 Å². The number of nitro groups is 1. The second kappa shape index (κ2) is 6.35. The number of hydrogen-bond acceptors (Lipinski definition) is 5. The first kappa shape index (κ1) is 17.2. The Morgan fingerprint density at radius 2 is 1.88 bits per heavy atom. The minimum absolute atomic E-state index is 0.0840. The van der Waals surface area contributed by atoms with E-state index in [1.807, 2.05) is 0 Å². The van der Waals surface area contributed by atoms with Gasteiger partial charge in [-0.1, -0.05) is 0 Å². The average Bonchev–Trinajstić information content (AvgIpc) is 2.98. The van der Waals surface area contributed by atoms with Crippen molar-refractivity contribution in [3.05, 3.63) is 58.3 Å². The van der Waals surface area contributed by atoms with Crippen molar-refractivity contribution in [1.82, 2.24) is 10.2 Å². The molecule has 1 aromatic heterocycles. The molecule has 11 heteroatoms. The van der Waals surface area contributed by atoms with E-state index in [0.717, 1.165) is 12.1 Å². The number of hydrogen-bond donors (Lipinski definition) is 2. The van der Waals surface area contributed by atoms with E-state index in [1.165, 1.54) is 30.3 Å². The molecule has 134 valence electrons. The monoisotopic (exact) mass is 366 g/mol. The number of ether oxygens (including phenoxy) is 1. The number of aromatic amines is 1. The SMILES string of the molecule is O=C(Nc1ccc(OC(F)(F)F)cc1)c1n[nH]c2ccc([N+](=O)[O-])cc12. The Kier molecular flexibility index (Phi) is 4.20. The van der Waals surface area contributed by atoms with E-state index in [4.69, 9.17) is 0 Å². The van der Waals surface area contributed by atoms with Crippen LogP contribution in [0.5, 0.6) is 5.75 Å². The molecule has 26 heavy (non-hydrogen) atoms. The van der Waals surface area contributed by atoms with Crippen molar-refractivity contribution < 1.29 is 27.6 Å². The number of amides is 1. The van der Waals surface area contributed by atoms with Crippen LogP contribution in [0.2, 0.25) is 0 Å². The van der Waals surface area contributed by atoms with Crippen molar-refractivity contribution in [1.29, 1.82) is 0 Å². The third kappa shape index (κ3) is 3.71. The molecule has 3 rings (SSSR count). The summed E-state index contributed by atoms with van der Waals surface area (Å²) in [7, 11) is 0. The van der Waals surface area contributed by atoms with Crippen LogP contribution >= 0.6 is 0 Å². The third-order valence-electron chi connectivity index (χ3n) is 3.32. The highest BCUT2D eigenvalue weighted by Crippen LogP contribution is 2.25. The zero-order valence-electron chi connectivity index (χ0n) is 12.7. The van der Waals surface area contributed by atoms with Crippen LogP contribution < -0.4 is 10.1 Å². The lowest BCUT2D eigenvalue weighted by Crippen LogP contribution is -2.17. The van der Waals surface area contributed by atoms with Crippen molar-refractivity contribution in [3.63, 3.8) is 0 Å². The summed E-state index contributed by atoms with van der Waals surface area (Å²) in [6, 6.07) is 8.40. The molecule has 0 atom stereocenters. The number of nitrogens with one attached hydrogen (secondary N) is 2. The van der Waals surface area contributed by atoms with Crippen LogP contribution in [-0.4, -0.2) is 27.4 Å². The van der Waals surface area contributed by atoms with E-state index >= 15 is 0 Å². The van der Waals surface area contributed by atoms with Gasteiger partial charge in [-0.3, -0.25) is 20.0 Å². The number of aromatic nitrogens is 2. The maximum atomic E-state index is 12.3. The highest BCUT2D eigenvalue weighted by atomic mass is 19.4. The quantitative estimate of drug-likeness (QED) is 0.541. The van der Waals surface area contributed by atoms with Gasteiger partial charge in [0.05, 0.1) is 10.4 Å². The third-order valence-corrected chi connectivity index (χ3v) is 3.32. The number of H-pyrrole nitrogens is 1. The van der Waals surface area contributed by atoms with Crippen LogP contribution in [0, 0.1) is 10.1 Å².